The molecule has 1 fully saturated rings. The van der Waals surface area contributed by atoms with Crippen molar-refractivity contribution in [2.24, 2.45) is 0 Å². The van der Waals surface area contributed by atoms with Crippen molar-refractivity contribution >= 4 is 33.4 Å². The molecule has 156 valence electrons. The summed E-state index contributed by atoms with van der Waals surface area (Å²) >= 11 is 3.12. The fourth-order valence-electron chi connectivity index (χ4n) is 3.87. The molecule has 9 heteroatoms. The lowest BCUT2D eigenvalue weighted by Crippen LogP contribution is -2.47. The molecule has 1 heterocycles. The maximum atomic E-state index is 13.1. The summed E-state index contributed by atoms with van der Waals surface area (Å²) in [6.07, 6.45) is 0. The van der Waals surface area contributed by atoms with Crippen LogP contribution in [-0.4, -0.2) is 75.8 Å². The summed E-state index contributed by atoms with van der Waals surface area (Å²) in [5.41, 5.74) is -0.658. The standard InChI is InChI=1S/C21H19BrN2O6/c1-23-2-4-24(5-3-23)21(30)10-6-11-16(15(26)7-10)20(29)17-12(18(11)27)8-14(25)13(9-22)19(17)28/h6-8,25-26,28H,2-5,9H2,1H3. The molecule has 0 spiro atoms. The van der Waals surface area contributed by atoms with E-state index in [0.29, 0.717) is 26.2 Å². The number of likely N-dealkylation sites (N-methyl/N-ethyl adjacent to an activating group) is 1. The highest BCUT2D eigenvalue weighted by Gasteiger charge is 2.37. The zero-order valence-electron chi connectivity index (χ0n) is 16.1. The zero-order valence-corrected chi connectivity index (χ0v) is 17.7. The number of fused-ring (bicyclic) bond motifs is 2. The normalized spacial score (nSPS) is 16.4. The number of ketones is 2. The summed E-state index contributed by atoms with van der Waals surface area (Å²) in [5.74, 6) is -3.08. The van der Waals surface area contributed by atoms with Crippen molar-refractivity contribution in [2.45, 2.75) is 5.33 Å². The summed E-state index contributed by atoms with van der Waals surface area (Å²) in [4.78, 5) is 42.7. The zero-order chi connectivity index (χ0) is 21.7. The number of carbonyl (C=O) groups is 3. The number of benzene rings is 2. The number of aromatic hydroxyl groups is 3. The van der Waals surface area contributed by atoms with Gasteiger partial charge in [0, 0.05) is 53.8 Å². The van der Waals surface area contributed by atoms with Crippen molar-refractivity contribution in [1.29, 1.82) is 0 Å². The molecule has 1 aliphatic heterocycles. The summed E-state index contributed by atoms with van der Waals surface area (Å²) in [6.45, 7) is 2.45. The molecule has 0 unspecified atom stereocenters. The van der Waals surface area contributed by atoms with Crippen molar-refractivity contribution in [2.75, 3.05) is 33.2 Å². The first-order valence-corrected chi connectivity index (χ1v) is 10.4. The molecule has 3 N–H and O–H groups in total. The van der Waals surface area contributed by atoms with Crippen LogP contribution in [0.4, 0.5) is 0 Å². The van der Waals surface area contributed by atoms with Crippen molar-refractivity contribution in [3.63, 3.8) is 0 Å². The highest BCUT2D eigenvalue weighted by Crippen LogP contribution is 2.42. The van der Waals surface area contributed by atoms with Gasteiger partial charge in [-0.2, -0.15) is 0 Å². The predicted octanol–water partition coefficient (Wildman–Crippen LogP) is 1.86. The van der Waals surface area contributed by atoms with Crippen LogP contribution in [0.3, 0.4) is 0 Å². The first-order chi connectivity index (χ1) is 14.2. The van der Waals surface area contributed by atoms with Crippen LogP contribution in [0, 0.1) is 0 Å². The van der Waals surface area contributed by atoms with Gasteiger partial charge >= 0.3 is 0 Å². The van der Waals surface area contributed by atoms with E-state index in [9.17, 15) is 29.7 Å². The molecule has 4 rings (SSSR count). The second-order valence-corrected chi connectivity index (χ2v) is 8.01. The number of halogens is 1. The number of carbonyl (C=O) groups excluding carboxylic acids is 3. The van der Waals surface area contributed by atoms with Gasteiger partial charge in [-0.15, -0.1) is 0 Å². The molecule has 2 aromatic rings. The molecule has 0 aromatic heterocycles. The van der Waals surface area contributed by atoms with E-state index in [1.807, 2.05) is 7.05 Å². The second kappa shape index (κ2) is 7.41. The molecule has 2 aromatic carbocycles. The molecule has 1 amide bonds. The minimum Gasteiger partial charge on any atom is -0.507 e. The van der Waals surface area contributed by atoms with Gasteiger partial charge in [-0.25, -0.2) is 0 Å². The number of amides is 1. The number of phenolic OH excluding ortho intramolecular Hbond substituents is 3. The van der Waals surface area contributed by atoms with Crippen LogP contribution in [-0.2, 0) is 5.33 Å². The Morgan fingerprint density at radius 2 is 1.57 bits per heavy atom. The number of alkyl halides is 1. The lowest BCUT2D eigenvalue weighted by atomic mass is 9.81. The minimum atomic E-state index is -0.740. The SMILES string of the molecule is CN1CCN(C(=O)c2cc(O)c3c(c2)C(=O)c2cc(O)c(CBr)c(O)c2C3=O)CC1. The van der Waals surface area contributed by atoms with Crippen molar-refractivity contribution in [3.05, 3.63) is 51.6 Å². The third kappa shape index (κ3) is 3.05. The smallest absolute Gasteiger partial charge is 0.254 e. The summed E-state index contributed by atoms with van der Waals surface area (Å²) in [7, 11) is 1.96. The summed E-state index contributed by atoms with van der Waals surface area (Å²) in [5, 5.41) is 31.2. The van der Waals surface area contributed by atoms with E-state index in [-0.39, 0.29) is 50.4 Å². The number of phenols is 3. The van der Waals surface area contributed by atoms with E-state index in [2.05, 4.69) is 20.8 Å². The molecule has 0 bridgehead atoms. The van der Waals surface area contributed by atoms with Gasteiger partial charge in [-0.1, -0.05) is 15.9 Å². The third-order valence-electron chi connectivity index (χ3n) is 5.61. The molecule has 0 radical (unpaired) electrons. The minimum absolute atomic E-state index is 0.0662. The van der Waals surface area contributed by atoms with E-state index in [1.54, 1.807) is 4.90 Å². The van der Waals surface area contributed by atoms with Crippen molar-refractivity contribution < 1.29 is 29.7 Å². The van der Waals surface area contributed by atoms with E-state index >= 15 is 0 Å². The second-order valence-electron chi connectivity index (χ2n) is 7.45. The number of hydrogen-bond acceptors (Lipinski definition) is 7. The van der Waals surface area contributed by atoms with Crippen LogP contribution >= 0.6 is 15.9 Å². The van der Waals surface area contributed by atoms with E-state index in [0.717, 1.165) is 6.07 Å². The number of rotatable bonds is 2. The monoisotopic (exact) mass is 474 g/mol. The van der Waals surface area contributed by atoms with Crippen LogP contribution in [0.1, 0.15) is 47.8 Å². The van der Waals surface area contributed by atoms with Gasteiger partial charge in [-0.05, 0) is 25.2 Å². The molecule has 0 saturated carbocycles. The maximum absolute atomic E-state index is 13.1. The first-order valence-electron chi connectivity index (χ1n) is 9.32. The van der Waals surface area contributed by atoms with Crippen molar-refractivity contribution in [1.82, 2.24) is 9.80 Å². The average molecular weight is 475 g/mol. The maximum Gasteiger partial charge on any atom is 0.254 e. The number of hydrogen-bond donors (Lipinski definition) is 3. The quantitative estimate of drug-likeness (QED) is 0.485. The van der Waals surface area contributed by atoms with Crippen molar-refractivity contribution in [3.8, 4) is 17.2 Å². The summed E-state index contributed by atoms with van der Waals surface area (Å²) in [6, 6.07) is 3.60. The van der Waals surface area contributed by atoms with Gasteiger partial charge in [-0.3, -0.25) is 14.4 Å². The van der Waals surface area contributed by atoms with Gasteiger partial charge in [0.1, 0.15) is 17.2 Å². The first kappa shape index (κ1) is 20.4. The van der Waals surface area contributed by atoms with E-state index in [1.165, 1.54) is 12.1 Å². The lowest BCUT2D eigenvalue weighted by Gasteiger charge is -2.32. The largest absolute Gasteiger partial charge is 0.507 e. The Kier molecular flexibility index (Phi) is 5.03. The van der Waals surface area contributed by atoms with Gasteiger partial charge in [0.15, 0.2) is 5.78 Å². The Labute approximate surface area is 180 Å². The predicted molar refractivity (Wildman–Crippen MR) is 111 cm³/mol. The average Bonchev–Trinajstić information content (AvgIpc) is 2.71. The van der Waals surface area contributed by atoms with Crippen LogP contribution in [0.15, 0.2) is 18.2 Å². The van der Waals surface area contributed by atoms with Crippen LogP contribution in [0.25, 0.3) is 0 Å². The molecule has 30 heavy (non-hydrogen) atoms. The molecule has 1 saturated heterocycles. The molecule has 1 aliphatic carbocycles. The third-order valence-corrected chi connectivity index (χ3v) is 6.17. The highest BCUT2D eigenvalue weighted by molar-refractivity contribution is 9.08. The Hall–Kier alpha value is -2.91. The molecular weight excluding hydrogens is 456 g/mol. The Bertz CT molecular complexity index is 1110. The van der Waals surface area contributed by atoms with Gasteiger partial charge < -0.3 is 25.1 Å². The Balaban J connectivity index is 1.81. The topological polar surface area (TPSA) is 118 Å². The number of piperazine rings is 1. The Morgan fingerprint density at radius 3 is 2.20 bits per heavy atom. The van der Waals surface area contributed by atoms with Gasteiger partial charge in [0.05, 0.1) is 11.1 Å². The van der Waals surface area contributed by atoms with E-state index in [4.69, 9.17) is 0 Å². The summed E-state index contributed by atoms with van der Waals surface area (Å²) < 4.78 is 0. The van der Waals surface area contributed by atoms with Crippen LogP contribution in [0.5, 0.6) is 17.2 Å². The molecule has 2 aliphatic rings. The lowest BCUT2D eigenvalue weighted by molar-refractivity contribution is 0.0663. The van der Waals surface area contributed by atoms with Gasteiger partial charge in [0.2, 0.25) is 5.78 Å². The Morgan fingerprint density at radius 1 is 0.933 bits per heavy atom. The van der Waals surface area contributed by atoms with Crippen LogP contribution < -0.4 is 0 Å². The number of nitrogens with zero attached hydrogens (tertiary/aromatic N) is 2. The highest BCUT2D eigenvalue weighted by atomic mass is 79.9. The fourth-order valence-corrected chi connectivity index (χ4v) is 4.42. The van der Waals surface area contributed by atoms with Gasteiger partial charge in [0.25, 0.3) is 5.91 Å². The fraction of sp³-hybridized carbons (Fsp3) is 0.286. The van der Waals surface area contributed by atoms with Crippen LogP contribution in [0.2, 0.25) is 0 Å². The molecule has 0 atom stereocenters. The van der Waals surface area contributed by atoms with E-state index < -0.39 is 23.1 Å². The molecule has 8 nitrogen and oxygen atoms in total. The molecular formula is C21H19BrN2O6.